The highest BCUT2D eigenvalue weighted by atomic mass is 19.1. The molecule has 1 rings (SSSR count). The molecule has 0 heterocycles. The summed E-state index contributed by atoms with van der Waals surface area (Å²) in [7, 11) is 0. The minimum atomic E-state index is -0.658. The molecular formula is C12H16FN3O2. The summed E-state index contributed by atoms with van der Waals surface area (Å²) in [6.07, 6.45) is 0. The van der Waals surface area contributed by atoms with Crippen LogP contribution < -0.4 is 16.4 Å². The van der Waals surface area contributed by atoms with Crippen LogP contribution in [0.4, 0.5) is 10.1 Å². The van der Waals surface area contributed by atoms with Gasteiger partial charge < -0.3 is 16.4 Å². The van der Waals surface area contributed by atoms with Crippen LogP contribution in [-0.4, -0.2) is 24.4 Å². The van der Waals surface area contributed by atoms with Crippen LogP contribution in [0, 0.1) is 5.82 Å². The Morgan fingerprint density at radius 1 is 1.39 bits per heavy atom. The predicted molar refractivity (Wildman–Crippen MR) is 66.4 cm³/mol. The first-order valence-corrected chi connectivity index (χ1v) is 5.53. The molecule has 2 amide bonds. The van der Waals surface area contributed by atoms with Gasteiger partial charge in [0.25, 0.3) is 5.91 Å². The Kier molecular flexibility index (Phi) is 4.65. The summed E-state index contributed by atoms with van der Waals surface area (Å²) in [5, 5.41) is 4.99. The molecule has 1 aromatic carbocycles. The summed E-state index contributed by atoms with van der Waals surface area (Å²) in [6.45, 7) is 3.45. The van der Waals surface area contributed by atoms with Gasteiger partial charge in [0.15, 0.2) is 0 Å². The lowest BCUT2D eigenvalue weighted by molar-refractivity contribution is -0.120. The van der Waals surface area contributed by atoms with Gasteiger partial charge in [0.05, 0.1) is 17.8 Å². The van der Waals surface area contributed by atoms with E-state index in [1.807, 2.05) is 13.8 Å². The maximum absolute atomic E-state index is 13.1. The average molecular weight is 253 g/mol. The second-order valence-electron chi connectivity index (χ2n) is 4.11. The zero-order chi connectivity index (χ0) is 13.7. The Balaban J connectivity index is 2.61. The first kappa shape index (κ1) is 14.0. The van der Waals surface area contributed by atoms with Crippen molar-refractivity contribution in [1.29, 1.82) is 0 Å². The number of nitrogen functional groups attached to an aromatic ring is 1. The molecule has 0 bridgehead atoms. The molecule has 1 aromatic rings. The van der Waals surface area contributed by atoms with Gasteiger partial charge >= 0.3 is 0 Å². The number of nitrogens with one attached hydrogen (secondary N) is 2. The quantitative estimate of drug-likeness (QED) is 0.689. The number of carbonyl (C=O) groups is 2. The number of hydrogen-bond acceptors (Lipinski definition) is 3. The van der Waals surface area contributed by atoms with E-state index in [0.29, 0.717) is 0 Å². The molecule has 0 aliphatic carbocycles. The SMILES string of the molecule is CC(C)NC(=O)CNC(=O)c1cccc(F)c1N. The zero-order valence-electron chi connectivity index (χ0n) is 10.3. The standard InChI is InChI=1S/C12H16FN3O2/c1-7(2)16-10(17)6-15-12(18)8-4-3-5-9(13)11(8)14/h3-5,7H,6,14H2,1-2H3,(H,15,18)(H,16,17). The Morgan fingerprint density at radius 2 is 2.06 bits per heavy atom. The van der Waals surface area contributed by atoms with Gasteiger partial charge in [-0.05, 0) is 26.0 Å². The fourth-order valence-corrected chi connectivity index (χ4v) is 1.36. The monoisotopic (exact) mass is 253 g/mol. The van der Waals surface area contributed by atoms with Crippen molar-refractivity contribution >= 4 is 17.5 Å². The predicted octanol–water partition coefficient (Wildman–Crippen LogP) is 0.662. The molecule has 5 nitrogen and oxygen atoms in total. The van der Waals surface area contributed by atoms with Gasteiger partial charge in [-0.3, -0.25) is 9.59 Å². The van der Waals surface area contributed by atoms with Crippen molar-refractivity contribution in [3.63, 3.8) is 0 Å². The van der Waals surface area contributed by atoms with Gasteiger partial charge in [-0.1, -0.05) is 6.07 Å². The van der Waals surface area contributed by atoms with E-state index in [4.69, 9.17) is 5.73 Å². The molecule has 98 valence electrons. The average Bonchev–Trinajstić information content (AvgIpc) is 2.29. The molecule has 0 radical (unpaired) electrons. The van der Waals surface area contributed by atoms with Crippen molar-refractivity contribution in [2.45, 2.75) is 19.9 Å². The minimum absolute atomic E-state index is 0.00589. The van der Waals surface area contributed by atoms with Crippen molar-refractivity contribution < 1.29 is 14.0 Å². The molecule has 0 spiro atoms. The highest BCUT2D eigenvalue weighted by molar-refractivity contribution is 6.00. The third kappa shape index (κ3) is 3.73. The highest BCUT2D eigenvalue weighted by Gasteiger charge is 2.13. The van der Waals surface area contributed by atoms with Crippen molar-refractivity contribution in [3.8, 4) is 0 Å². The van der Waals surface area contributed by atoms with Crippen LogP contribution in [0.5, 0.6) is 0 Å². The van der Waals surface area contributed by atoms with E-state index in [0.717, 1.165) is 6.07 Å². The molecule has 4 N–H and O–H groups in total. The molecule has 18 heavy (non-hydrogen) atoms. The Labute approximate surface area is 105 Å². The number of hydrogen-bond donors (Lipinski definition) is 3. The fraction of sp³-hybridized carbons (Fsp3) is 0.333. The van der Waals surface area contributed by atoms with Crippen LogP contribution in [0.2, 0.25) is 0 Å². The highest BCUT2D eigenvalue weighted by Crippen LogP contribution is 2.15. The third-order valence-electron chi connectivity index (χ3n) is 2.16. The maximum Gasteiger partial charge on any atom is 0.253 e. The number of carbonyl (C=O) groups excluding carboxylic acids is 2. The van der Waals surface area contributed by atoms with Crippen LogP contribution in [0.25, 0.3) is 0 Å². The molecule has 0 saturated heterocycles. The lowest BCUT2D eigenvalue weighted by Crippen LogP contribution is -2.40. The van der Waals surface area contributed by atoms with E-state index in [1.165, 1.54) is 12.1 Å². The Bertz CT molecular complexity index is 461. The smallest absolute Gasteiger partial charge is 0.253 e. The second-order valence-corrected chi connectivity index (χ2v) is 4.11. The molecule has 0 unspecified atom stereocenters. The van der Waals surface area contributed by atoms with Gasteiger partial charge in [-0.25, -0.2) is 4.39 Å². The largest absolute Gasteiger partial charge is 0.396 e. The maximum atomic E-state index is 13.1. The summed E-state index contributed by atoms with van der Waals surface area (Å²) in [6, 6.07) is 3.94. The number of benzene rings is 1. The molecule has 0 atom stereocenters. The Hall–Kier alpha value is -2.11. The van der Waals surface area contributed by atoms with Gasteiger partial charge in [0.1, 0.15) is 5.82 Å². The third-order valence-corrected chi connectivity index (χ3v) is 2.16. The normalized spacial score (nSPS) is 10.2. The van der Waals surface area contributed by atoms with E-state index in [9.17, 15) is 14.0 Å². The van der Waals surface area contributed by atoms with E-state index >= 15 is 0 Å². The van der Waals surface area contributed by atoms with Crippen LogP contribution in [0.15, 0.2) is 18.2 Å². The minimum Gasteiger partial charge on any atom is -0.396 e. The summed E-state index contributed by atoms with van der Waals surface area (Å²) in [5.41, 5.74) is 5.23. The lowest BCUT2D eigenvalue weighted by atomic mass is 10.1. The molecule has 0 aliphatic heterocycles. The number of para-hydroxylation sites is 1. The van der Waals surface area contributed by atoms with E-state index in [-0.39, 0.29) is 29.7 Å². The number of amides is 2. The van der Waals surface area contributed by atoms with Crippen molar-refractivity contribution in [3.05, 3.63) is 29.6 Å². The molecule has 6 heteroatoms. The number of anilines is 1. The van der Waals surface area contributed by atoms with Gasteiger partial charge in [0.2, 0.25) is 5.91 Å². The molecule has 0 saturated carbocycles. The Morgan fingerprint density at radius 3 is 2.67 bits per heavy atom. The number of halogens is 1. The summed E-state index contributed by atoms with van der Waals surface area (Å²) < 4.78 is 13.1. The van der Waals surface area contributed by atoms with Crippen LogP contribution >= 0.6 is 0 Å². The van der Waals surface area contributed by atoms with Crippen molar-refractivity contribution in [1.82, 2.24) is 10.6 Å². The number of rotatable bonds is 4. The van der Waals surface area contributed by atoms with Crippen LogP contribution in [0.1, 0.15) is 24.2 Å². The van der Waals surface area contributed by atoms with Crippen molar-refractivity contribution in [2.75, 3.05) is 12.3 Å². The first-order valence-electron chi connectivity index (χ1n) is 5.53. The van der Waals surface area contributed by atoms with E-state index in [2.05, 4.69) is 10.6 Å². The summed E-state index contributed by atoms with van der Waals surface area (Å²) in [5.74, 6) is -1.55. The topological polar surface area (TPSA) is 84.2 Å². The van der Waals surface area contributed by atoms with Crippen LogP contribution in [-0.2, 0) is 4.79 Å². The second kappa shape index (κ2) is 6.00. The van der Waals surface area contributed by atoms with Crippen LogP contribution in [0.3, 0.4) is 0 Å². The molecule has 0 aromatic heterocycles. The summed E-state index contributed by atoms with van der Waals surface area (Å²) >= 11 is 0. The van der Waals surface area contributed by atoms with Gasteiger partial charge in [-0.2, -0.15) is 0 Å². The first-order chi connectivity index (χ1) is 8.41. The van der Waals surface area contributed by atoms with E-state index in [1.54, 1.807) is 0 Å². The molecule has 0 fully saturated rings. The van der Waals surface area contributed by atoms with Crippen molar-refractivity contribution in [2.24, 2.45) is 0 Å². The van der Waals surface area contributed by atoms with Gasteiger partial charge in [-0.15, -0.1) is 0 Å². The number of nitrogens with two attached hydrogens (primary N) is 1. The summed E-state index contributed by atoms with van der Waals surface area (Å²) in [4.78, 5) is 23.0. The van der Waals surface area contributed by atoms with Gasteiger partial charge in [0, 0.05) is 6.04 Å². The lowest BCUT2D eigenvalue weighted by Gasteiger charge is -2.10. The zero-order valence-corrected chi connectivity index (χ0v) is 10.3. The van der Waals surface area contributed by atoms with E-state index < -0.39 is 11.7 Å². The fourth-order valence-electron chi connectivity index (χ4n) is 1.36. The molecule has 0 aliphatic rings. The molecular weight excluding hydrogens is 237 g/mol.